The summed E-state index contributed by atoms with van der Waals surface area (Å²) >= 11 is 0. The van der Waals surface area contributed by atoms with Gasteiger partial charge in [0.05, 0.1) is 13.2 Å². The predicted octanol–water partition coefficient (Wildman–Crippen LogP) is -0.340. The monoisotopic (exact) mass is 228 g/mol. The van der Waals surface area contributed by atoms with Crippen molar-refractivity contribution in [2.45, 2.75) is 31.4 Å². The molecular formula is C11H20N2O3. The van der Waals surface area contributed by atoms with Crippen LogP contribution >= 0.6 is 0 Å². The Kier molecular flexibility index (Phi) is 4.56. The quantitative estimate of drug-likeness (QED) is 0.694. The molecule has 0 aromatic rings. The zero-order valence-electron chi connectivity index (χ0n) is 9.54. The van der Waals surface area contributed by atoms with Crippen LogP contribution in [0.15, 0.2) is 0 Å². The average molecular weight is 228 g/mol. The van der Waals surface area contributed by atoms with Crippen molar-refractivity contribution in [3.8, 4) is 0 Å². The molecule has 0 aliphatic carbocycles. The molecule has 5 nitrogen and oxygen atoms in total. The van der Waals surface area contributed by atoms with E-state index in [0.29, 0.717) is 19.8 Å². The fraction of sp³-hybridized carbons (Fsp3) is 0.909. The van der Waals surface area contributed by atoms with Crippen LogP contribution in [0.2, 0.25) is 0 Å². The summed E-state index contributed by atoms with van der Waals surface area (Å²) in [5, 5.41) is 6.21. The maximum atomic E-state index is 11.7. The molecule has 5 heteroatoms. The van der Waals surface area contributed by atoms with Gasteiger partial charge in [-0.3, -0.25) is 4.79 Å². The number of ether oxygens (including phenoxy) is 2. The molecule has 0 aromatic carbocycles. The van der Waals surface area contributed by atoms with E-state index in [2.05, 4.69) is 10.6 Å². The molecule has 2 unspecified atom stereocenters. The van der Waals surface area contributed by atoms with Crippen molar-refractivity contribution in [1.82, 2.24) is 10.6 Å². The summed E-state index contributed by atoms with van der Waals surface area (Å²) in [6.45, 7) is 3.63. The van der Waals surface area contributed by atoms with Crippen molar-refractivity contribution < 1.29 is 14.3 Å². The fourth-order valence-electron chi connectivity index (χ4n) is 2.04. The van der Waals surface area contributed by atoms with Crippen LogP contribution in [0, 0.1) is 0 Å². The first kappa shape index (κ1) is 11.8. The van der Waals surface area contributed by atoms with Crippen LogP contribution in [-0.4, -0.2) is 51.0 Å². The van der Waals surface area contributed by atoms with E-state index in [9.17, 15) is 4.79 Å². The topological polar surface area (TPSA) is 59.6 Å². The Morgan fingerprint density at radius 2 is 2.31 bits per heavy atom. The molecule has 1 amide bonds. The highest BCUT2D eigenvalue weighted by Crippen LogP contribution is 2.12. The Balaban J connectivity index is 1.65. The van der Waals surface area contributed by atoms with E-state index in [0.717, 1.165) is 32.4 Å². The largest absolute Gasteiger partial charge is 0.378 e. The zero-order chi connectivity index (χ0) is 11.2. The van der Waals surface area contributed by atoms with Crippen molar-refractivity contribution in [2.24, 2.45) is 0 Å². The van der Waals surface area contributed by atoms with Crippen LogP contribution in [0.5, 0.6) is 0 Å². The molecule has 0 radical (unpaired) electrons. The Morgan fingerprint density at radius 3 is 3.00 bits per heavy atom. The lowest BCUT2D eigenvalue weighted by atomic mass is 10.1. The van der Waals surface area contributed by atoms with Gasteiger partial charge in [-0.15, -0.1) is 0 Å². The minimum atomic E-state index is -0.238. The van der Waals surface area contributed by atoms with Crippen LogP contribution in [0.3, 0.4) is 0 Å². The van der Waals surface area contributed by atoms with Crippen molar-refractivity contribution in [3.63, 3.8) is 0 Å². The summed E-state index contributed by atoms with van der Waals surface area (Å²) in [6, 6.07) is 0.237. The minimum absolute atomic E-state index is 0.0204. The molecule has 2 heterocycles. The molecule has 2 rings (SSSR count). The maximum Gasteiger partial charge on any atom is 0.249 e. The average Bonchev–Trinajstić information content (AvgIpc) is 2.38. The van der Waals surface area contributed by atoms with Crippen molar-refractivity contribution in [2.75, 3.05) is 32.9 Å². The number of carbonyl (C=O) groups is 1. The van der Waals surface area contributed by atoms with E-state index >= 15 is 0 Å². The summed E-state index contributed by atoms with van der Waals surface area (Å²) in [6.07, 6.45) is 2.77. The molecule has 0 bridgehead atoms. The molecule has 2 N–H and O–H groups in total. The third-order valence-corrected chi connectivity index (χ3v) is 2.99. The third-order valence-electron chi connectivity index (χ3n) is 2.99. The van der Waals surface area contributed by atoms with Crippen LogP contribution in [0.25, 0.3) is 0 Å². The molecule has 2 atom stereocenters. The Labute approximate surface area is 95.9 Å². The highest BCUT2D eigenvalue weighted by molar-refractivity contribution is 5.80. The van der Waals surface area contributed by atoms with Gasteiger partial charge in [-0.25, -0.2) is 0 Å². The van der Waals surface area contributed by atoms with Gasteiger partial charge in [-0.1, -0.05) is 0 Å². The first-order valence-corrected chi connectivity index (χ1v) is 6.07. The van der Waals surface area contributed by atoms with Gasteiger partial charge in [0.1, 0.15) is 6.10 Å². The van der Waals surface area contributed by atoms with Gasteiger partial charge < -0.3 is 20.1 Å². The number of hydrogen-bond acceptors (Lipinski definition) is 4. The van der Waals surface area contributed by atoms with Crippen LogP contribution in [0.1, 0.15) is 19.3 Å². The Bertz CT molecular complexity index is 223. The second-order valence-electron chi connectivity index (χ2n) is 4.33. The summed E-state index contributed by atoms with van der Waals surface area (Å²) in [4.78, 5) is 11.7. The molecule has 0 saturated carbocycles. The Morgan fingerprint density at radius 1 is 1.38 bits per heavy atom. The lowest BCUT2D eigenvalue weighted by molar-refractivity contribution is -0.135. The number of morpholine rings is 1. The number of nitrogens with one attached hydrogen (secondary N) is 2. The molecule has 0 aromatic heterocycles. The predicted molar refractivity (Wildman–Crippen MR) is 59.2 cm³/mol. The molecular weight excluding hydrogens is 208 g/mol. The molecule has 2 fully saturated rings. The van der Waals surface area contributed by atoms with Crippen LogP contribution < -0.4 is 10.6 Å². The number of carbonyl (C=O) groups excluding carboxylic acids is 1. The smallest absolute Gasteiger partial charge is 0.249 e. The van der Waals surface area contributed by atoms with Gasteiger partial charge in [0.2, 0.25) is 5.91 Å². The number of amides is 1. The summed E-state index contributed by atoms with van der Waals surface area (Å²) in [7, 11) is 0. The first-order chi connectivity index (χ1) is 7.86. The second-order valence-corrected chi connectivity index (χ2v) is 4.33. The van der Waals surface area contributed by atoms with Gasteiger partial charge in [-0.05, 0) is 19.3 Å². The van der Waals surface area contributed by atoms with Crippen LogP contribution in [0.4, 0.5) is 0 Å². The molecule has 2 saturated heterocycles. The highest BCUT2D eigenvalue weighted by atomic mass is 16.5. The van der Waals surface area contributed by atoms with E-state index < -0.39 is 0 Å². The second kappa shape index (κ2) is 6.18. The summed E-state index contributed by atoms with van der Waals surface area (Å²) < 4.78 is 10.7. The van der Waals surface area contributed by atoms with E-state index in [4.69, 9.17) is 9.47 Å². The van der Waals surface area contributed by atoms with Crippen LogP contribution in [-0.2, 0) is 14.3 Å². The van der Waals surface area contributed by atoms with Gasteiger partial charge in [0, 0.05) is 25.7 Å². The fourth-order valence-corrected chi connectivity index (χ4v) is 2.04. The minimum Gasteiger partial charge on any atom is -0.378 e. The standard InChI is InChI=1S/C11H20N2O3/c14-11(10-3-1-2-5-16-10)13-7-9-8-15-6-4-12-9/h9-10,12H,1-8H2,(H,13,14). The summed E-state index contributed by atoms with van der Waals surface area (Å²) in [5.74, 6) is 0.0204. The number of rotatable bonds is 3. The van der Waals surface area contributed by atoms with E-state index in [1.165, 1.54) is 0 Å². The van der Waals surface area contributed by atoms with Gasteiger partial charge in [0.25, 0.3) is 0 Å². The molecule has 16 heavy (non-hydrogen) atoms. The maximum absolute atomic E-state index is 11.7. The van der Waals surface area contributed by atoms with Crippen molar-refractivity contribution >= 4 is 5.91 Å². The van der Waals surface area contributed by atoms with Crippen molar-refractivity contribution in [3.05, 3.63) is 0 Å². The zero-order valence-corrected chi connectivity index (χ0v) is 9.54. The lowest BCUT2D eigenvalue weighted by Gasteiger charge is -2.26. The van der Waals surface area contributed by atoms with E-state index in [-0.39, 0.29) is 18.1 Å². The molecule has 2 aliphatic rings. The molecule has 92 valence electrons. The molecule has 0 spiro atoms. The third kappa shape index (κ3) is 3.43. The first-order valence-electron chi connectivity index (χ1n) is 6.07. The van der Waals surface area contributed by atoms with Gasteiger partial charge >= 0.3 is 0 Å². The Hall–Kier alpha value is -0.650. The van der Waals surface area contributed by atoms with Crippen molar-refractivity contribution in [1.29, 1.82) is 0 Å². The highest BCUT2D eigenvalue weighted by Gasteiger charge is 2.22. The summed E-state index contributed by atoms with van der Waals surface area (Å²) in [5.41, 5.74) is 0. The SMILES string of the molecule is O=C(NCC1COCCN1)C1CCCCO1. The normalized spacial score (nSPS) is 31.0. The van der Waals surface area contributed by atoms with E-state index in [1.54, 1.807) is 0 Å². The van der Waals surface area contributed by atoms with Gasteiger partial charge in [0.15, 0.2) is 0 Å². The lowest BCUT2D eigenvalue weighted by Crippen LogP contribution is -2.50. The van der Waals surface area contributed by atoms with E-state index in [1.807, 2.05) is 0 Å². The number of hydrogen-bond donors (Lipinski definition) is 2. The molecule has 2 aliphatic heterocycles. The van der Waals surface area contributed by atoms with Gasteiger partial charge in [-0.2, -0.15) is 0 Å².